The monoisotopic (exact) mass is 458 g/mol. The minimum absolute atomic E-state index is 0.0133. The number of hydrogen-bond acceptors (Lipinski definition) is 3. The van der Waals surface area contributed by atoms with Gasteiger partial charge in [-0.05, 0) is 108 Å². The summed E-state index contributed by atoms with van der Waals surface area (Å²) in [6.45, 7) is 19.3. The molecule has 5 aliphatic carbocycles. The summed E-state index contributed by atoms with van der Waals surface area (Å²) in [5, 5.41) is 21.7. The Kier molecular flexibility index (Phi) is 5.06. The number of aliphatic hydroxyl groups excluding tert-OH is 2. The summed E-state index contributed by atoms with van der Waals surface area (Å²) in [5.74, 6) is 1.76. The lowest BCUT2D eigenvalue weighted by Crippen LogP contribution is -2.69. The van der Waals surface area contributed by atoms with Crippen LogP contribution in [0.2, 0.25) is 0 Å². The van der Waals surface area contributed by atoms with Gasteiger partial charge < -0.3 is 10.2 Å². The largest absolute Gasteiger partial charge is 0.393 e. The molecule has 0 aromatic carbocycles. The fourth-order valence-corrected chi connectivity index (χ4v) is 11.2. The molecule has 5 rings (SSSR count). The predicted molar refractivity (Wildman–Crippen MR) is 133 cm³/mol. The van der Waals surface area contributed by atoms with Crippen LogP contribution in [0.15, 0.2) is 0 Å². The molecule has 188 valence electrons. The summed E-state index contributed by atoms with van der Waals surface area (Å²) in [5.41, 5.74) is 0.993. The zero-order valence-electron chi connectivity index (χ0n) is 22.6. The third kappa shape index (κ3) is 2.85. The minimum atomic E-state index is -0.773. The van der Waals surface area contributed by atoms with Crippen LogP contribution in [0.4, 0.5) is 0 Å². The molecule has 0 heterocycles. The van der Waals surface area contributed by atoms with E-state index >= 15 is 0 Å². The van der Waals surface area contributed by atoms with Crippen molar-refractivity contribution in [3.05, 3.63) is 0 Å². The van der Waals surface area contributed by atoms with E-state index in [1.807, 2.05) is 0 Å². The van der Waals surface area contributed by atoms with Crippen molar-refractivity contribution >= 4 is 5.78 Å². The molecule has 0 amide bonds. The molecule has 0 aliphatic heterocycles. The van der Waals surface area contributed by atoms with Crippen molar-refractivity contribution in [2.24, 2.45) is 56.2 Å². The first kappa shape index (κ1) is 24.3. The third-order valence-electron chi connectivity index (χ3n) is 13.9. The van der Waals surface area contributed by atoms with E-state index in [4.69, 9.17) is 0 Å². The number of rotatable bonds is 0. The third-order valence-corrected chi connectivity index (χ3v) is 13.9. The highest BCUT2D eigenvalue weighted by Gasteiger charge is 2.71. The number of carbonyl (C=O) groups is 1. The molecule has 11 atom stereocenters. The van der Waals surface area contributed by atoms with Gasteiger partial charge in [0.25, 0.3) is 0 Å². The van der Waals surface area contributed by atoms with Crippen LogP contribution in [0.3, 0.4) is 0 Å². The van der Waals surface area contributed by atoms with E-state index in [2.05, 4.69) is 55.4 Å². The average molecular weight is 459 g/mol. The van der Waals surface area contributed by atoms with E-state index < -0.39 is 6.10 Å². The Morgan fingerprint density at radius 3 is 2.00 bits per heavy atom. The van der Waals surface area contributed by atoms with Crippen LogP contribution < -0.4 is 0 Å². The van der Waals surface area contributed by atoms with Crippen LogP contribution >= 0.6 is 0 Å². The van der Waals surface area contributed by atoms with Crippen LogP contribution in [0, 0.1) is 56.2 Å². The fourth-order valence-electron chi connectivity index (χ4n) is 11.2. The van der Waals surface area contributed by atoms with Crippen molar-refractivity contribution in [1.29, 1.82) is 0 Å². The first-order chi connectivity index (χ1) is 15.1. The van der Waals surface area contributed by atoms with Crippen LogP contribution in [-0.2, 0) is 4.79 Å². The number of fused-ring (bicyclic) bond motifs is 7. The van der Waals surface area contributed by atoms with Gasteiger partial charge >= 0.3 is 0 Å². The van der Waals surface area contributed by atoms with Gasteiger partial charge in [-0.1, -0.05) is 55.4 Å². The molecule has 2 N–H and O–H groups in total. The van der Waals surface area contributed by atoms with Gasteiger partial charge in [-0.2, -0.15) is 0 Å². The first-order valence-electron chi connectivity index (χ1n) is 14.0. The summed E-state index contributed by atoms with van der Waals surface area (Å²) in [6, 6.07) is 0. The molecular weight excluding hydrogens is 408 g/mol. The maximum Gasteiger partial charge on any atom is 0.164 e. The highest BCUT2D eigenvalue weighted by Crippen LogP contribution is 2.78. The minimum Gasteiger partial charge on any atom is -0.393 e. The fraction of sp³-hybridized carbons (Fsp3) is 0.967. The second-order valence-corrected chi connectivity index (χ2v) is 15.5. The summed E-state index contributed by atoms with van der Waals surface area (Å²) in [4.78, 5) is 12.8. The van der Waals surface area contributed by atoms with Crippen molar-refractivity contribution in [3.63, 3.8) is 0 Å². The van der Waals surface area contributed by atoms with Crippen molar-refractivity contribution in [2.75, 3.05) is 0 Å². The van der Waals surface area contributed by atoms with Gasteiger partial charge in [-0.25, -0.2) is 0 Å². The van der Waals surface area contributed by atoms with Gasteiger partial charge in [0.15, 0.2) is 5.78 Å². The highest BCUT2D eigenvalue weighted by atomic mass is 16.3. The Morgan fingerprint density at radius 1 is 0.727 bits per heavy atom. The molecule has 5 saturated carbocycles. The van der Waals surface area contributed by atoms with Gasteiger partial charge in [0.1, 0.15) is 6.10 Å². The van der Waals surface area contributed by atoms with Crippen molar-refractivity contribution in [3.8, 4) is 0 Å². The smallest absolute Gasteiger partial charge is 0.164 e. The van der Waals surface area contributed by atoms with E-state index in [0.717, 1.165) is 19.3 Å². The summed E-state index contributed by atoms with van der Waals surface area (Å²) in [6.07, 6.45) is 9.06. The van der Waals surface area contributed by atoms with E-state index in [1.54, 1.807) is 0 Å². The van der Waals surface area contributed by atoms with E-state index in [1.165, 1.54) is 32.1 Å². The molecular formula is C30H50O3. The van der Waals surface area contributed by atoms with Gasteiger partial charge in [-0.15, -0.1) is 0 Å². The van der Waals surface area contributed by atoms with Gasteiger partial charge in [0.05, 0.1) is 6.10 Å². The topological polar surface area (TPSA) is 57.5 Å². The molecule has 0 aromatic heterocycles. The number of hydrogen-bond donors (Lipinski definition) is 2. The summed E-state index contributed by atoms with van der Waals surface area (Å²) in [7, 11) is 0. The number of aliphatic hydroxyl groups is 2. The second kappa shape index (κ2) is 6.87. The first-order valence-corrected chi connectivity index (χ1v) is 14.0. The van der Waals surface area contributed by atoms with E-state index in [-0.39, 0.29) is 50.3 Å². The highest BCUT2D eigenvalue weighted by molar-refractivity contribution is 5.86. The molecule has 3 nitrogen and oxygen atoms in total. The molecule has 33 heavy (non-hydrogen) atoms. The lowest BCUT2D eigenvalue weighted by atomic mass is 9.30. The molecule has 5 fully saturated rings. The standard InChI is InChI=1S/C30H50O3/c1-18-24(33)19(31)15-21-27(18,5)10-9-20-28(21,6)12-14-30(8)22-16-25(2,3)23(32)17-26(22,4)11-13-29(20,30)7/h18-23,31-32H,9-17H2,1-8H3. The maximum absolute atomic E-state index is 12.8. The van der Waals surface area contributed by atoms with Gasteiger partial charge in [-0.3, -0.25) is 4.79 Å². The normalized spacial score (nSPS) is 60.2. The molecule has 0 radical (unpaired) electrons. The van der Waals surface area contributed by atoms with E-state index in [0.29, 0.717) is 24.2 Å². The number of ketones is 1. The molecule has 5 aliphatic rings. The lowest BCUT2D eigenvalue weighted by molar-refractivity contribution is -0.266. The Hall–Kier alpha value is -0.410. The van der Waals surface area contributed by atoms with Crippen molar-refractivity contribution in [2.45, 2.75) is 125 Å². The Morgan fingerprint density at radius 2 is 1.33 bits per heavy atom. The molecule has 0 aromatic rings. The summed E-state index contributed by atoms with van der Waals surface area (Å²) >= 11 is 0. The van der Waals surface area contributed by atoms with Crippen molar-refractivity contribution in [1.82, 2.24) is 0 Å². The number of Topliss-reactive ketones (excluding diaryl/α,β-unsaturated/α-hetero) is 1. The quantitative estimate of drug-likeness (QED) is 0.442. The molecule has 0 bridgehead atoms. The van der Waals surface area contributed by atoms with Gasteiger partial charge in [0, 0.05) is 5.92 Å². The molecule has 0 spiro atoms. The second-order valence-electron chi connectivity index (χ2n) is 15.5. The Balaban J connectivity index is 1.55. The molecule has 3 heteroatoms. The zero-order valence-corrected chi connectivity index (χ0v) is 22.6. The average Bonchev–Trinajstić information content (AvgIpc) is 2.72. The predicted octanol–water partition coefficient (Wildman–Crippen LogP) is 6.40. The maximum atomic E-state index is 12.8. The Bertz CT molecular complexity index is 849. The Labute approximate surface area is 202 Å². The lowest BCUT2D eigenvalue weighted by Gasteiger charge is -2.75. The zero-order chi connectivity index (χ0) is 24.4. The van der Waals surface area contributed by atoms with Crippen LogP contribution in [-0.4, -0.2) is 28.2 Å². The molecule has 0 saturated heterocycles. The van der Waals surface area contributed by atoms with E-state index in [9.17, 15) is 15.0 Å². The van der Waals surface area contributed by atoms with Crippen LogP contribution in [0.25, 0.3) is 0 Å². The van der Waals surface area contributed by atoms with Crippen molar-refractivity contribution < 1.29 is 15.0 Å². The SMILES string of the molecule is CC1C(=O)C(O)CC2C1(C)CCC1C2(C)CCC2(C)C3CC(C)(C)C(O)CC3(C)CCC12C. The van der Waals surface area contributed by atoms with Crippen LogP contribution in [0.5, 0.6) is 0 Å². The molecule has 11 unspecified atom stereocenters. The van der Waals surface area contributed by atoms with Crippen LogP contribution in [0.1, 0.15) is 113 Å². The summed E-state index contributed by atoms with van der Waals surface area (Å²) < 4.78 is 0. The number of carbonyl (C=O) groups excluding carboxylic acids is 1. The van der Waals surface area contributed by atoms with Gasteiger partial charge in [0.2, 0.25) is 0 Å².